The van der Waals surface area contributed by atoms with E-state index < -0.39 is 0 Å². The lowest BCUT2D eigenvalue weighted by molar-refractivity contribution is 0.193. The second kappa shape index (κ2) is 8.50. The van der Waals surface area contributed by atoms with Gasteiger partial charge in [0.2, 0.25) is 0 Å². The lowest BCUT2D eigenvalue weighted by Gasteiger charge is -2.31. The van der Waals surface area contributed by atoms with Gasteiger partial charge in [0.05, 0.1) is 0 Å². The van der Waals surface area contributed by atoms with E-state index in [4.69, 9.17) is 0 Å². The standard InChI is InChI=1S/C13H28N4/c1-12(11-16-14-2)15-9-10-17(3)13-7-5-4-6-8-13/h13-16H,1,4-11H2,2-3H3. The molecule has 0 saturated heterocycles. The first-order valence-electron chi connectivity index (χ1n) is 6.75. The van der Waals surface area contributed by atoms with E-state index in [2.05, 4.69) is 34.7 Å². The van der Waals surface area contributed by atoms with Crippen molar-refractivity contribution in [2.45, 2.75) is 38.1 Å². The van der Waals surface area contributed by atoms with Crippen molar-refractivity contribution < 1.29 is 0 Å². The third kappa shape index (κ3) is 6.05. The van der Waals surface area contributed by atoms with Crippen molar-refractivity contribution in [1.29, 1.82) is 0 Å². The second-order valence-electron chi connectivity index (χ2n) is 4.91. The molecule has 1 aliphatic carbocycles. The summed E-state index contributed by atoms with van der Waals surface area (Å²) >= 11 is 0. The molecule has 1 aliphatic rings. The van der Waals surface area contributed by atoms with Crippen LogP contribution >= 0.6 is 0 Å². The van der Waals surface area contributed by atoms with E-state index in [-0.39, 0.29) is 0 Å². The summed E-state index contributed by atoms with van der Waals surface area (Å²) in [6.07, 6.45) is 6.98. The van der Waals surface area contributed by atoms with Crippen LogP contribution in [0.1, 0.15) is 32.1 Å². The first-order chi connectivity index (χ1) is 8.24. The van der Waals surface area contributed by atoms with Gasteiger partial charge in [0.1, 0.15) is 0 Å². The summed E-state index contributed by atoms with van der Waals surface area (Å²) in [7, 11) is 4.11. The van der Waals surface area contributed by atoms with Gasteiger partial charge in [-0.15, -0.1) is 0 Å². The Morgan fingerprint density at radius 1 is 1.29 bits per heavy atom. The van der Waals surface area contributed by atoms with Gasteiger partial charge in [0.25, 0.3) is 0 Å². The molecule has 0 atom stereocenters. The first kappa shape index (κ1) is 14.5. The zero-order valence-corrected chi connectivity index (χ0v) is 11.4. The minimum absolute atomic E-state index is 0.768. The van der Waals surface area contributed by atoms with Gasteiger partial charge < -0.3 is 10.2 Å². The summed E-state index contributed by atoms with van der Waals surface area (Å²) in [5, 5.41) is 3.35. The molecule has 0 radical (unpaired) electrons. The monoisotopic (exact) mass is 240 g/mol. The van der Waals surface area contributed by atoms with Crippen molar-refractivity contribution >= 4 is 0 Å². The highest BCUT2D eigenvalue weighted by atomic mass is 15.3. The molecule has 17 heavy (non-hydrogen) atoms. The fraction of sp³-hybridized carbons (Fsp3) is 0.846. The molecule has 1 rings (SSSR count). The smallest absolute Gasteiger partial charge is 0.0492 e. The minimum Gasteiger partial charge on any atom is -0.386 e. The maximum Gasteiger partial charge on any atom is 0.0492 e. The number of hydrogen-bond acceptors (Lipinski definition) is 4. The Labute approximate surface area is 106 Å². The summed E-state index contributed by atoms with van der Waals surface area (Å²) in [4.78, 5) is 2.49. The molecule has 0 bridgehead atoms. The highest BCUT2D eigenvalue weighted by molar-refractivity contribution is 4.93. The van der Waals surface area contributed by atoms with Gasteiger partial charge in [0, 0.05) is 31.4 Å². The van der Waals surface area contributed by atoms with Crippen molar-refractivity contribution in [2.24, 2.45) is 0 Å². The maximum atomic E-state index is 3.97. The number of nitrogens with one attached hydrogen (secondary N) is 3. The van der Waals surface area contributed by atoms with E-state index in [0.717, 1.165) is 31.4 Å². The van der Waals surface area contributed by atoms with Crippen LogP contribution in [0.15, 0.2) is 12.3 Å². The summed E-state index contributed by atoms with van der Waals surface area (Å²) < 4.78 is 0. The molecule has 4 heteroatoms. The first-order valence-corrected chi connectivity index (χ1v) is 6.75. The van der Waals surface area contributed by atoms with Crippen LogP contribution in [-0.2, 0) is 0 Å². The predicted octanol–water partition coefficient (Wildman–Crippen LogP) is 1.08. The highest BCUT2D eigenvalue weighted by Gasteiger charge is 2.17. The predicted molar refractivity (Wildman–Crippen MR) is 73.7 cm³/mol. The molecule has 0 aromatic carbocycles. The molecule has 4 nitrogen and oxygen atoms in total. The third-order valence-corrected chi connectivity index (χ3v) is 3.52. The van der Waals surface area contributed by atoms with Gasteiger partial charge in [-0.1, -0.05) is 25.8 Å². The van der Waals surface area contributed by atoms with E-state index in [1.165, 1.54) is 32.1 Å². The molecular formula is C13H28N4. The summed E-state index contributed by atoms with van der Waals surface area (Å²) in [5.74, 6) is 0. The van der Waals surface area contributed by atoms with Crippen LogP contribution in [0.2, 0.25) is 0 Å². The van der Waals surface area contributed by atoms with E-state index in [0.29, 0.717) is 0 Å². The van der Waals surface area contributed by atoms with Crippen LogP contribution in [0.5, 0.6) is 0 Å². The van der Waals surface area contributed by atoms with Gasteiger partial charge in [-0.25, -0.2) is 0 Å². The molecule has 0 aromatic heterocycles. The van der Waals surface area contributed by atoms with Crippen LogP contribution in [-0.4, -0.2) is 44.7 Å². The second-order valence-corrected chi connectivity index (χ2v) is 4.91. The van der Waals surface area contributed by atoms with Gasteiger partial charge in [-0.05, 0) is 26.9 Å². The zero-order valence-electron chi connectivity index (χ0n) is 11.4. The summed E-state index contributed by atoms with van der Waals surface area (Å²) in [6.45, 7) is 6.82. The van der Waals surface area contributed by atoms with Gasteiger partial charge in [0.15, 0.2) is 0 Å². The Morgan fingerprint density at radius 2 is 2.00 bits per heavy atom. The van der Waals surface area contributed by atoms with Crippen LogP contribution in [0.3, 0.4) is 0 Å². The van der Waals surface area contributed by atoms with Gasteiger partial charge in [-0.2, -0.15) is 0 Å². The Morgan fingerprint density at radius 3 is 2.65 bits per heavy atom. The van der Waals surface area contributed by atoms with Gasteiger partial charge >= 0.3 is 0 Å². The zero-order chi connectivity index (χ0) is 12.5. The normalized spacial score (nSPS) is 17.4. The number of hydrogen-bond donors (Lipinski definition) is 3. The average molecular weight is 240 g/mol. The van der Waals surface area contributed by atoms with Crippen molar-refractivity contribution in [3.63, 3.8) is 0 Å². The molecule has 3 N–H and O–H groups in total. The van der Waals surface area contributed by atoms with E-state index in [1.54, 1.807) is 0 Å². The number of nitrogens with zero attached hydrogens (tertiary/aromatic N) is 1. The largest absolute Gasteiger partial charge is 0.386 e. The highest BCUT2D eigenvalue weighted by Crippen LogP contribution is 2.21. The Balaban J connectivity index is 2.06. The van der Waals surface area contributed by atoms with Gasteiger partial charge in [-0.3, -0.25) is 10.9 Å². The molecule has 0 aliphatic heterocycles. The Hall–Kier alpha value is -0.580. The van der Waals surface area contributed by atoms with E-state index in [1.807, 2.05) is 7.05 Å². The molecule has 0 aromatic rings. The Kier molecular flexibility index (Phi) is 7.24. The topological polar surface area (TPSA) is 39.3 Å². The molecule has 0 amide bonds. The minimum atomic E-state index is 0.768. The molecule has 0 spiro atoms. The fourth-order valence-corrected chi connectivity index (χ4v) is 2.37. The molecule has 1 saturated carbocycles. The quantitative estimate of drug-likeness (QED) is 0.555. The van der Waals surface area contributed by atoms with E-state index in [9.17, 15) is 0 Å². The van der Waals surface area contributed by atoms with Crippen molar-refractivity contribution in [3.05, 3.63) is 12.3 Å². The Bertz CT molecular complexity index is 211. The van der Waals surface area contributed by atoms with Crippen LogP contribution < -0.4 is 16.2 Å². The van der Waals surface area contributed by atoms with Crippen LogP contribution in [0, 0.1) is 0 Å². The molecular weight excluding hydrogens is 212 g/mol. The SMILES string of the molecule is C=C(CNNC)NCCN(C)C1CCCCC1. The molecule has 1 fully saturated rings. The van der Waals surface area contributed by atoms with E-state index >= 15 is 0 Å². The van der Waals surface area contributed by atoms with Crippen LogP contribution in [0.4, 0.5) is 0 Å². The summed E-state index contributed by atoms with van der Waals surface area (Å²) in [6, 6.07) is 0.800. The number of likely N-dealkylation sites (N-methyl/N-ethyl adjacent to an activating group) is 1. The van der Waals surface area contributed by atoms with Crippen molar-refractivity contribution in [3.8, 4) is 0 Å². The molecule has 100 valence electrons. The number of rotatable bonds is 8. The number of hydrazine groups is 1. The summed E-state index contributed by atoms with van der Waals surface area (Å²) in [5.41, 5.74) is 6.95. The lowest BCUT2D eigenvalue weighted by Crippen LogP contribution is -2.39. The fourth-order valence-electron chi connectivity index (χ4n) is 2.37. The van der Waals surface area contributed by atoms with Crippen molar-refractivity contribution in [1.82, 2.24) is 21.1 Å². The molecule has 0 heterocycles. The average Bonchev–Trinajstić information content (AvgIpc) is 2.37. The van der Waals surface area contributed by atoms with Crippen LogP contribution in [0.25, 0.3) is 0 Å². The van der Waals surface area contributed by atoms with Crippen molar-refractivity contribution in [2.75, 3.05) is 33.7 Å². The lowest BCUT2D eigenvalue weighted by atomic mass is 9.94. The third-order valence-electron chi connectivity index (χ3n) is 3.52. The molecule has 0 unspecified atom stereocenters. The maximum absolute atomic E-state index is 3.97.